The number of hydrogen-bond donors (Lipinski definition) is 6. The van der Waals surface area contributed by atoms with E-state index in [1.165, 1.54) is 35.0 Å². The van der Waals surface area contributed by atoms with E-state index < -0.39 is 65.6 Å². The van der Waals surface area contributed by atoms with E-state index in [4.69, 9.17) is 10.5 Å². The number of benzene rings is 3. The molecular weight excluding hydrogens is 805 g/mol. The molecule has 1 saturated heterocycles. The molecule has 63 heavy (non-hydrogen) atoms. The number of likely N-dealkylation sites (tertiary alicyclic amines) is 1. The zero-order chi connectivity index (χ0) is 44.7. The number of nitrogens with one attached hydrogen (secondary N) is 3. The molecule has 2 heterocycles. The molecule has 4 aromatic rings. The van der Waals surface area contributed by atoms with E-state index in [1.807, 2.05) is 60.7 Å². The zero-order valence-corrected chi connectivity index (χ0v) is 36.0. The number of rotatable bonds is 19. The number of unbranched alkanes of at least 4 members (excludes halogenated alkanes) is 1. The van der Waals surface area contributed by atoms with Gasteiger partial charge in [-0.1, -0.05) is 72.3 Å². The van der Waals surface area contributed by atoms with Crippen molar-refractivity contribution in [1.82, 2.24) is 35.8 Å². The first-order valence-corrected chi connectivity index (χ1v) is 22.2. The number of hydrogen-bond acceptors (Lipinski definition) is 10. The molecule has 1 aromatic heterocycles. The van der Waals surface area contributed by atoms with Crippen molar-refractivity contribution in [2.24, 2.45) is 23.5 Å². The summed E-state index contributed by atoms with van der Waals surface area (Å²) in [5, 5.41) is 40.6. The van der Waals surface area contributed by atoms with Gasteiger partial charge in [-0.15, -0.1) is 5.10 Å². The fourth-order valence-corrected chi connectivity index (χ4v) is 9.82. The molecule has 3 aromatic carbocycles. The summed E-state index contributed by atoms with van der Waals surface area (Å²) in [5.41, 5.74) is 5.83. The average Bonchev–Trinajstić information content (AvgIpc) is 4.11. The Morgan fingerprint density at radius 3 is 2.40 bits per heavy atom. The molecule has 7 N–H and O–H groups in total. The van der Waals surface area contributed by atoms with Crippen LogP contribution >= 0.6 is 0 Å². The average molecular weight is 865 g/mol. The first kappa shape index (κ1) is 45.2. The fourth-order valence-electron chi connectivity index (χ4n) is 9.82. The van der Waals surface area contributed by atoms with Crippen molar-refractivity contribution in [3.05, 3.63) is 95.8 Å². The molecule has 3 aliphatic rings. The van der Waals surface area contributed by atoms with Crippen molar-refractivity contribution < 1.29 is 38.9 Å². The summed E-state index contributed by atoms with van der Waals surface area (Å²) < 4.78 is 6.79. The summed E-state index contributed by atoms with van der Waals surface area (Å²) in [6, 6.07) is 18.6. The number of nitrogens with two attached hydrogens (primary N) is 1. The van der Waals surface area contributed by atoms with Crippen molar-refractivity contribution in [1.29, 1.82) is 0 Å². The molecular formula is C47H60N8O8. The van der Waals surface area contributed by atoms with Gasteiger partial charge in [0.25, 0.3) is 5.91 Å². The summed E-state index contributed by atoms with van der Waals surface area (Å²) in [7, 11) is 0. The van der Waals surface area contributed by atoms with Gasteiger partial charge in [-0.05, 0) is 111 Å². The highest BCUT2D eigenvalue weighted by atomic mass is 16.5. The zero-order valence-electron chi connectivity index (χ0n) is 36.0. The van der Waals surface area contributed by atoms with E-state index in [1.54, 1.807) is 26.0 Å². The molecule has 16 nitrogen and oxygen atoms in total. The normalized spacial score (nSPS) is 22.0. The molecule has 0 radical (unpaired) electrons. The van der Waals surface area contributed by atoms with Gasteiger partial charge in [0.15, 0.2) is 6.10 Å². The second-order valence-electron chi connectivity index (χ2n) is 18.1. The second-order valence-corrected chi connectivity index (χ2v) is 18.1. The number of aliphatic hydroxyl groups is 2. The third-order valence-corrected chi connectivity index (χ3v) is 13.2. The number of amides is 5. The summed E-state index contributed by atoms with van der Waals surface area (Å²) in [6.07, 6.45) is 5.92. The lowest BCUT2D eigenvalue weighted by atomic mass is 9.84. The second kappa shape index (κ2) is 20.1. The van der Waals surface area contributed by atoms with E-state index in [0.29, 0.717) is 48.3 Å². The standard InChI is InChI=1S/C47H60N8O8/c1-47(2,62)40-26-50-53-55(40)36-25-39(44(59)51-37(41(56)42(48)57)14-8-9-21-49-46(61)63-28-29-10-4-3-5-11-29)54(27-36)45(60)38(20-19-34-23-30-15-16-33(34)22-30)52-43(58)35-18-17-31-12-6-7-13-32(31)24-35/h3-7,10-13,17-18,24,26,30,33-34,36-39,41,56,62H,8-9,14-16,19-23,25,27-28H2,1-2H3,(H2,48,57)(H,49,61)(H,51,59)(H,52,58)/t30?,33?,34?,36-,37?,38?,39-,41?/m0/s1. The Bertz CT molecular complexity index is 2240. The smallest absolute Gasteiger partial charge is 0.407 e. The number of primary amides is 1. The Hall–Kier alpha value is -5.87. The van der Waals surface area contributed by atoms with Crippen LogP contribution in [-0.4, -0.2) is 97.1 Å². The predicted octanol–water partition coefficient (Wildman–Crippen LogP) is 4.24. The van der Waals surface area contributed by atoms with E-state index in [2.05, 4.69) is 26.3 Å². The van der Waals surface area contributed by atoms with E-state index >= 15 is 4.79 Å². The molecule has 6 unspecified atom stereocenters. The SMILES string of the molecule is CC(C)(O)c1cnnn1[C@H]1C[C@@H](C(=O)NC(CCCCNC(=O)OCc2ccccc2)C(O)C(N)=O)N(C(=O)C(CCC2CC3CCC2C3)NC(=O)c2ccc3ccccc3c2)C1. The first-order valence-electron chi connectivity index (χ1n) is 22.2. The maximum absolute atomic E-state index is 15.0. The molecule has 2 bridgehead atoms. The molecule has 8 atom stereocenters. The Balaban J connectivity index is 1.08. The third-order valence-electron chi connectivity index (χ3n) is 13.2. The largest absolute Gasteiger partial charge is 0.445 e. The summed E-state index contributed by atoms with van der Waals surface area (Å²) in [4.78, 5) is 69.6. The van der Waals surface area contributed by atoms with Crippen LogP contribution in [0.1, 0.15) is 106 Å². The van der Waals surface area contributed by atoms with Gasteiger partial charge in [-0.2, -0.15) is 0 Å². The Morgan fingerprint density at radius 2 is 1.68 bits per heavy atom. The minimum Gasteiger partial charge on any atom is -0.445 e. The van der Waals surface area contributed by atoms with E-state index in [-0.39, 0.29) is 32.5 Å². The van der Waals surface area contributed by atoms with Gasteiger partial charge >= 0.3 is 6.09 Å². The van der Waals surface area contributed by atoms with Gasteiger partial charge in [-0.25, -0.2) is 9.48 Å². The molecule has 16 heteroatoms. The molecule has 7 rings (SSSR count). The van der Waals surface area contributed by atoms with E-state index in [0.717, 1.165) is 29.2 Å². The van der Waals surface area contributed by atoms with Crippen LogP contribution in [0.5, 0.6) is 0 Å². The molecule has 1 aliphatic heterocycles. The lowest BCUT2D eigenvalue weighted by Gasteiger charge is -2.31. The minimum absolute atomic E-state index is 0.00884. The highest BCUT2D eigenvalue weighted by molar-refractivity contribution is 6.01. The number of nitrogens with zero attached hydrogens (tertiary/aromatic N) is 4. The van der Waals surface area contributed by atoms with Crippen LogP contribution in [0.25, 0.3) is 10.8 Å². The van der Waals surface area contributed by atoms with Crippen LogP contribution in [0.4, 0.5) is 4.79 Å². The number of carbonyl (C=O) groups excluding carboxylic acids is 5. The van der Waals surface area contributed by atoms with E-state index in [9.17, 15) is 29.4 Å². The predicted molar refractivity (Wildman–Crippen MR) is 233 cm³/mol. The molecule has 5 amide bonds. The molecule has 2 aliphatic carbocycles. The van der Waals surface area contributed by atoms with Crippen LogP contribution in [-0.2, 0) is 31.3 Å². The molecule has 2 saturated carbocycles. The van der Waals surface area contributed by atoms with Crippen molar-refractivity contribution in [3.8, 4) is 0 Å². The Labute approximate surface area is 367 Å². The maximum atomic E-state index is 15.0. The highest BCUT2D eigenvalue weighted by Crippen LogP contribution is 2.50. The lowest BCUT2D eigenvalue weighted by molar-refractivity contribution is -0.141. The van der Waals surface area contributed by atoms with Crippen LogP contribution < -0.4 is 21.7 Å². The first-order chi connectivity index (χ1) is 30.2. The van der Waals surface area contributed by atoms with Gasteiger partial charge in [0, 0.05) is 25.1 Å². The quantitative estimate of drug-likeness (QED) is 0.0735. The van der Waals surface area contributed by atoms with Crippen molar-refractivity contribution in [3.63, 3.8) is 0 Å². The van der Waals surface area contributed by atoms with Crippen LogP contribution in [0.15, 0.2) is 79.0 Å². The van der Waals surface area contributed by atoms with Crippen molar-refractivity contribution in [2.45, 2.75) is 121 Å². The molecule has 336 valence electrons. The molecule has 0 spiro atoms. The van der Waals surface area contributed by atoms with Crippen LogP contribution in [0, 0.1) is 17.8 Å². The fraction of sp³-hybridized carbons (Fsp3) is 0.511. The van der Waals surface area contributed by atoms with Gasteiger partial charge in [-0.3, -0.25) is 19.2 Å². The van der Waals surface area contributed by atoms with Crippen LogP contribution in [0.3, 0.4) is 0 Å². The number of aliphatic hydroxyl groups excluding tert-OH is 1. The monoisotopic (exact) mass is 864 g/mol. The van der Waals surface area contributed by atoms with Gasteiger partial charge < -0.3 is 41.5 Å². The van der Waals surface area contributed by atoms with Gasteiger partial charge in [0.2, 0.25) is 17.7 Å². The van der Waals surface area contributed by atoms with Crippen LogP contribution in [0.2, 0.25) is 0 Å². The number of carbonyl (C=O) groups is 5. The topological polar surface area (TPSA) is 231 Å². The maximum Gasteiger partial charge on any atom is 0.407 e. The minimum atomic E-state index is -1.74. The number of fused-ring (bicyclic) bond motifs is 3. The summed E-state index contributed by atoms with van der Waals surface area (Å²) in [5.74, 6) is -0.779. The van der Waals surface area contributed by atoms with Crippen molar-refractivity contribution in [2.75, 3.05) is 13.1 Å². The van der Waals surface area contributed by atoms with Gasteiger partial charge in [0.1, 0.15) is 24.3 Å². The summed E-state index contributed by atoms with van der Waals surface area (Å²) >= 11 is 0. The summed E-state index contributed by atoms with van der Waals surface area (Å²) in [6.45, 7) is 3.55. The highest BCUT2D eigenvalue weighted by Gasteiger charge is 2.46. The lowest BCUT2D eigenvalue weighted by Crippen LogP contribution is -2.57. The number of alkyl carbamates (subject to hydrolysis) is 1. The van der Waals surface area contributed by atoms with Crippen molar-refractivity contribution >= 4 is 40.5 Å². The third kappa shape index (κ3) is 11.2. The Kier molecular flexibility index (Phi) is 14.4. The molecule has 3 fully saturated rings. The number of aromatic nitrogens is 3. The Morgan fingerprint density at radius 1 is 0.921 bits per heavy atom. The van der Waals surface area contributed by atoms with Gasteiger partial charge in [0.05, 0.1) is 24.0 Å². The number of ether oxygens (including phenoxy) is 1.